The van der Waals surface area contributed by atoms with Gasteiger partial charge in [0.05, 0.1) is 4.90 Å². The van der Waals surface area contributed by atoms with Gasteiger partial charge in [-0.1, -0.05) is 13.8 Å². The van der Waals surface area contributed by atoms with Crippen LogP contribution in [-0.2, 0) is 10.0 Å². The van der Waals surface area contributed by atoms with Gasteiger partial charge in [0.1, 0.15) is 13.2 Å². The van der Waals surface area contributed by atoms with Crippen LogP contribution in [0.15, 0.2) is 23.1 Å². The second-order valence-corrected chi connectivity index (χ2v) is 7.58. The number of hydrogen-bond acceptors (Lipinski definition) is 5. The van der Waals surface area contributed by atoms with Crippen molar-refractivity contribution in [2.45, 2.75) is 24.8 Å². The first kappa shape index (κ1) is 15.6. The third kappa shape index (κ3) is 3.06. The second kappa shape index (κ2) is 6.06. The zero-order valence-electron chi connectivity index (χ0n) is 12.9. The van der Waals surface area contributed by atoms with Gasteiger partial charge in [-0.15, -0.1) is 0 Å². The molecule has 0 unspecified atom stereocenters. The maximum Gasteiger partial charge on any atom is 0.241 e. The van der Waals surface area contributed by atoms with Gasteiger partial charge in [-0.2, -0.15) is 0 Å². The number of nitrogens with one attached hydrogen (secondary N) is 1. The SMILES string of the molecule is CCN1C[C@@H](C)[C@H](NS(=O)(=O)c2ccc3c(c2)OCCO3)C1. The zero-order chi connectivity index (χ0) is 15.7. The van der Waals surface area contributed by atoms with Crippen LogP contribution in [0.2, 0.25) is 0 Å². The molecule has 7 heteroatoms. The smallest absolute Gasteiger partial charge is 0.241 e. The third-order valence-corrected chi connectivity index (χ3v) is 5.75. The van der Waals surface area contributed by atoms with Crippen molar-refractivity contribution in [3.05, 3.63) is 18.2 Å². The first-order valence-corrected chi connectivity index (χ1v) is 9.12. The van der Waals surface area contributed by atoms with Gasteiger partial charge in [0.25, 0.3) is 0 Å². The number of fused-ring (bicyclic) bond motifs is 1. The fraction of sp³-hybridized carbons (Fsp3) is 0.600. The molecule has 2 aliphatic rings. The van der Waals surface area contributed by atoms with Crippen molar-refractivity contribution in [1.29, 1.82) is 0 Å². The Morgan fingerprint density at radius 2 is 1.95 bits per heavy atom. The van der Waals surface area contributed by atoms with Gasteiger partial charge >= 0.3 is 0 Å². The molecule has 0 saturated carbocycles. The van der Waals surface area contributed by atoms with Crippen LogP contribution in [0.5, 0.6) is 11.5 Å². The van der Waals surface area contributed by atoms with Crippen molar-refractivity contribution in [2.24, 2.45) is 5.92 Å². The van der Waals surface area contributed by atoms with E-state index in [0.29, 0.717) is 30.6 Å². The van der Waals surface area contributed by atoms with Gasteiger partial charge in [-0.25, -0.2) is 13.1 Å². The lowest BCUT2D eigenvalue weighted by molar-refractivity contribution is 0.171. The summed E-state index contributed by atoms with van der Waals surface area (Å²) in [5.74, 6) is 1.38. The van der Waals surface area contributed by atoms with Crippen molar-refractivity contribution in [2.75, 3.05) is 32.8 Å². The van der Waals surface area contributed by atoms with Crippen LogP contribution >= 0.6 is 0 Å². The molecule has 22 heavy (non-hydrogen) atoms. The Labute approximate surface area is 131 Å². The average molecular weight is 326 g/mol. The molecular weight excluding hydrogens is 304 g/mol. The van der Waals surface area contributed by atoms with E-state index in [9.17, 15) is 8.42 Å². The van der Waals surface area contributed by atoms with E-state index in [2.05, 4.69) is 23.5 Å². The summed E-state index contributed by atoms with van der Waals surface area (Å²) in [5, 5.41) is 0. The molecular formula is C15H22N2O4S. The average Bonchev–Trinajstić information content (AvgIpc) is 2.86. The topological polar surface area (TPSA) is 67.9 Å². The predicted molar refractivity (Wildman–Crippen MR) is 82.8 cm³/mol. The highest BCUT2D eigenvalue weighted by Crippen LogP contribution is 2.32. The molecule has 2 heterocycles. The molecule has 6 nitrogen and oxygen atoms in total. The summed E-state index contributed by atoms with van der Waals surface area (Å²) in [4.78, 5) is 2.47. The third-order valence-electron chi connectivity index (χ3n) is 4.27. The summed E-state index contributed by atoms with van der Waals surface area (Å²) in [6.07, 6.45) is 0. The Kier molecular flexibility index (Phi) is 4.29. The van der Waals surface area contributed by atoms with Crippen LogP contribution in [0.3, 0.4) is 0 Å². The Balaban J connectivity index is 1.78. The summed E-state index contributed by atoms with van der Waals surface area (Å²) in [6, 6.07) is 4.69. The summed E-state index contributed by atoms with van der Waals surface area (Å²) in [5.41, 5.74) is 0. The molecule has 0 bridgehead atoms. The summed E-state index contributed by atoms with van der Waals surface area (Å²) < 4.78 is 38.9. The molecule has 0 radical (unpaired) electrons. The fourth-order valence-electron chi connectivity index (χ4n) is 2.94. The summed E-state index contributed by atoms with van der Waals surface area (Å²) in [7, 11) is -3.55. The Morgan fingerprint density at radius 1 is 1.23 bits per heavy atom. The number of hydrogen-bond donors (Lipinski definition) is 1. The van der Waals surface area contributed by atoms with E-state index in [4.69, 9.17) is 9.47 Å². The molecule has 1 aromatic carbocycles. The van der Waals surface area contributed by atoms with Crippen LogP contribution in [-0.4, -0.2) is 52.2 Å². The van der Waals surface area contributed by atoms with E-state index >= 15 is 0 Å². The minimum absolute atomic E-state index is 0.0573. The highest BCUT2D eigenvalue weighted by molar-refractivity contribution is 7.89. The minimum atomic E-state index is -3.55. The quantitative estimate of drug-likeness (QED) is 0.897. The largest absolute Gasteiger partial charge is 0.486 e. The van der Waals surface area contributed by atoms with E-state index in [-0.39, 0.29) is 10.9 Å². The van der Waals surface area contributed by atoms with E-state index in [1.165, 1.54) is 6.07 Å². The van der Waals surface area contributed by atoms with Crippen LogP contribution in [0.4, 0.5) is 0 Å². The highest BCUT2D eigenvalue weighted by atomic mass is 32.2. The molecule has 1 N–H and O–H groups in total. The lowest BCUT2D eigenvalue weighted by Crippen LogP contribution is -2.39. The number of nitrogens with zero attached hydrogens (tertiary/aromatic N) is 1. The molecule has 0 aromatic heterocycles. The second-order valence-electron chi connectivity index (χ2n) is 5.86. The molecule has 2 atom stereocenters. The van der Waals surface area contributed by atoms with Gasteiger partial charge in [0.15, 0.2) is 11.5 Å². The molecule has 3 rings (SSSR count). The minimum Gasteiger partial charge on any atom is -0.486 e. The van der Waals surface area contributed by atoms with E-state index in [1.54, 1.807) is 12.1 Å². The first-order chi connectivity index (χ1) is 10.5. The van der Waals surface area contributed by atoms with Gasteiger partial charge < -0.3 is 14.4 Å². The number of likely N-dealkylation sites (N-methyl/N-ethyl adjacent to an activating group) is 1. The standard InChI is InChI=1S/C15H22N2O4S/c1-3-17-9-11(2)13(10-17)16-22(18,19)12-4-5-14-15(8-12)21-7-6-20-14/h4-5,8,11,13,16H,3,6-7,9-10H2,1-2H3/t11-,13-/m1/s1. The normalized spacial score (nSPS) is 25.4. The van der Waals surface area contributed by atoms with Crippen molar-refractivity contribution >= 4 is 10.0 Å². The van der Waals surface area contributed by atoms with E-state index in [0.717, 1.165) is 19.6 Å². The Morgan fingerprint density at radius 3 is 2.64 bits per heavy atom. The monoisotopic (exact) mass is 326 g/mol. The highest BCUT2D eigenvalue weighted by Gasteiger charge is 2.32. The predicted octanol–water partition coefficient (Wildman–Crippen LogP) is 1.08. The molecule has 1 fully saturated rings. The number of sulfonamides is 1. The summed E-state index contributed by atoms with van der Waals surface area (Å²) in [6.45, 7) is 7.70. The van der Waals surface area contributed by atoms with Crippen LogP contribution < -0.4 is 14.2 Å². The van der Waals surface area contributed by atoms with Crippen molar-refractivity contribution < 1.29 is 17.9 Å². The zero-order valence-corrected chi connectivity index (χ0v) is 13.7. The Bertz CT molecular complexity index is 647. The lowest BCUT2D eigenvalue weighted by Gasteiger charge is -2.20. The van der Waals surface area contributed by atoms with Gasteiger partial charge in [0.2, 0.25) is 10.0 Å². The molecule has 1 aromatic rings. The molecule has 0 amide bonds. The van der Waals surface area contributed by atoms with Gasteiger partial charge in [-0.05, 0) is 24.6 Å². The lowest BCUT2D eigenvalue weighted by atomic mass is 10.1. The molecule has 122 valence electrons. The summed E-state index contributed by atoms with van der Waals surface area (Å²) >= 11 is 0. The van der Waals surface area contributed by atoms with Crippen LogP contribution in [0.1, 0.15) is 13.8 Å². The Hall–Kier alpha value is -1.31. The van der Waals surface area contributed by atoms with Crippen molar-refractivity contribution in [1.82, 2.24) is 9.62 Å². The number of benzene rings is 1. The number of likely N-dealkylation sites (tertiary alicyclic amines) is 1. The molecule has 1 saturated heterocycles. The van der Waals surface area contributed by atoms with Crippen molar-refractivity contribution in [3.63, 3.8) is 0 Å². The fourth-order valence-corrected chi connectivity index (χ4v) is 4.29. The molecule has 0 spiro atoms. The first-order valence-electron chi connectivity index (χ1n) is 7.64. The van der Waals surface area contributed by atoms with Crippen LogP contribution in [0, 0.1) is 5.92 Å². The maximum atomic E-state index is 12.6. The van der Waals surface area contributed by atoms with E-state index < -0.39 is 10.0 Å². The van der Waals surface area contributed by atoms with Crippen LogP contribution in [0.25, 0.3) is 0 Å². The maximum absolute atomic E-state index is 12.6. The van der Waals surface area contributed by atoms with E-state index in [1.807, 2.05) is 0 Å². The molecule has 2 aliphatic heterocycles. The number of rotatable bonds is 4. The van der Waals surface area contributed by atoms with Gasteiger partial charge in [-0.3, -0.25) is 0 Å². The van der Waals surface area contributed by atoms with Crippen molar-refractivity contribution in [3.8, 4) is 11.5 Å². The van der Waals surface area contributed by atoms with Gasteiger partial charge in [0, 0.05) is 25.2 Å². The molecule has 0 aliphatic carbocycles. The number of ether oxygens (including phenoxy) is 2.